The molecule has 2 heteroatoms. The Kier molecular flexibility index (Phi) is 293. The molecule has 13 heavy (non-hydrogen) atoms. The van der Waals surface area contributed by atoms with Gasteiger partial charge in [0.25, 0.3) is 0 Å². The second kappa shape index (κ2) is 128. The van der Waals surface area contributed by atoms with Crippen molar-refractivity contribution in [3.8, 4) is 0 Å². The first-order valence-electron chi connectivity index (χ1n) is 3.78. The van der Waals surface area contributed by atoms with Crippen LogP contribution in [0.1, 0.15) is 13.3 Å². The van der Waals surface area contributed by atoms with E-state index in [-0.39, 0.29) is 6.17 Å². The highest BCUT2D eigenvalue weighted by Crippen LogP contribution is 1.68. The Morgan fingerprint density at radius 3 is 0.846 bits per heavy atom. The van der Waals surface area contributed by atoms with E-state index in [0.29, 0.717) is 0 Å². The fourth-order valence-electron chi connectivity index (χ4n) is 0. The fourth-order valence-corrected chi connectivity index (χ4v) is 0. The average molecular weight is 186 g/mol. The quantitative estimate of drug-likeness (QED) is 0.489. The minimum atomic E-state index is -0.116. The maximum atomic E-state index is 5.07. The zero-order valence-electron chi connectivity index (χ0n) is 9.10. The molecule has 0 aromatic heterocycles. The molecule has 0 fully saturated rings. The molecular weight excluding hydrogens is 160 g/mol. The fraction of sp³-hybridized carbons (Fsp3) is 0.273. The number of hydrogen-bond acceptors (Lipinski definition) is 2. The Bertz CT molecular complexity index is 46.1. The third-order valence-corrected chi connectivity index (χ3v) is 0.471. The summed E-state index contributed by atoms with van der Waals surface area (Å²) in [5.41, 5.74) is 10.1. The number of hydrogen-bond donors (Lipinski definition) is 2. The predicted octanol–water partition coefficient (Wildman–Crippen LogP) is 2.85. The standard InChI is InChI=1S/C3H10N2.4C2H4/c1-2-3(4)5;4*1-2/h3H,2,4-5H2,1H3;4*1-2H2. The summed E-state index contributed by atoms with van der Waals surface area (Å²) in [7, 11) is 0. The van der Waals surface area contributed by atoms with E-state index in [4.69, 9.17) is 11.5 Å². The molecule has 0 heterocycles. The lowest BCUT2D eigenvalue weighted by Gasteiger charge is -1.92. The second-order valence-corrected chi connectivity index (χ2v) is 1.07. The summed E-state index contributed by atoms with van der Waals surface area (Å²) in [5, 5.41) is 0. The maximum absolute atomic E-state index is 5.07. The molecule has 0 atom stereocenters. The smallest absolute Gasteiger partial charge is 0.0518 e. The Balaban J connectivity index is -0.0000000230. The minimum Gasteiger partial charge on any atom is -0.316 e. The molecule has 0 aliphatic rings. The highest BCUT2D eigenvalue weighted by Gasteiger charge is 1.79. The highest BCUT2D eigenvalue weighted by molar-refractivity contribution is 4.40. The molecular formula is C11H26N2. The summed E-state index contributed by atoms with van der Waals surface area (Å²) < 4.78 is 0. The summed E-state index contributed by atoms with van der Waals surface area (Å²) in [6.45, 7) is 25.9. The molecule has 0 bridgehead atoms. The van der Waals surface area contributed by atoms with Gasteiger partial charge in [0.1, 0.15) is 0 Å². The van der Waals surface area contributed by atoms with E-state index >= 15 is 0 Å². The Morgan fingerprint density at radius 1 is 0.769 bits per heavy atom. The number of nitrogens with two attached hydrogens (primary N) is 2. The van der Waals surface area contributed by atoms with E-state index in [2.05, 4.69) is 52.6 Å². The molecule has 0 rings (SSSR count). The van der Waals surface area contributed by atoms with E-state index in [1.54, 1.807) is 0 Å². The van der Waals surface area contributed by atoms with Gasteiger partial charge in [-0.15, -0.1) is 52.6 Å². The van der Waals surface area contributed by atoms with Crippen LogP contribution in [0.2, 0.25) is 0 Å². The summed E-state index contributed by atoms with van der Waals surface area (Å²) in [5.74, 6) is 0. The average Bonchev–Trinajstić information content (AvgIpc) is 2.29. The van der Waals surface area contributed by atoms with Crippen LogP contribution in [-0.2, 0) is 0 Å². The first-order valence-corrected chi connectivity index (χ1v) is 3.78. The third kappa shape index (κ3) is 1110. The summed E-state index contributed by atoms with van der Waals surface area (Å²) in [4.78, 5) is 0. The zero-order chi connectivity index (χ0) is 12.3. The van der Waals surface area contributed by atoms with Crippen molar-refractivity contribution in [2.24, 2.45) is 11.5 Å². The topological polar surface area (TPSA) is 52.0 Å². The lowest BCUT2D eigenvalue weighted by atomic mass is 10.4. The molecule has 0 spiro atoms. The first-order chi connectivity index (χ1) is 6.27. The Hall–Kier alpha value is -1.12. The van der Waals surface area contributed by atoms with Crippen LogP contribution in [0.25, 0.3) is 0 Å². The van der Waals surface area contributed by atoms with Gasteiger partial charge in [0, 0.05) is 0 Å². The van der Waals surface area contributed by atoms with Crippen molar-refractivity contribution < 1.29 is 0 Å². The largest absolute Gasteiger partial charge is 0.316 e. The monoisotopic (exact) mass is 186 g/mol. The highest BCUT2D eigenvalue weighted by atomic mass is 14.8. The lowest BCUT2D eigenvalue weighted by molar-refractivity contribution is 0.682. The van der Waals surface area contributed by atoms with Gasteiger partial charge in [-0.05, 0) is 6.42 Å². The van der Waals surface area contributed by atoms with Crippen LogP contribution in [0.5, 0.6) is 0 Å². The molecule has 0 unspecified atom stereocenters. The van der Waals surface area contributed by atoms with Crippen molar-refractivity contribution in [1.29, 1.82) is 0 Å². The Labute approximate surface area is 84.3 Å². The molecule has 0 saturated carbocycles. The molecule has 2 nitrogen and oxygen atoms in total. The van der Waals surface area contributed by atoms with Crippen molar-refractivity contribution >= 4 is 0 Å². The van der Waals surface area contributed by atoms with Gasteiger partial charge in [-0.25, -0.2) is 0 Å². The Morgan fingerprint density at radius 2 is 0.846 bits per heavy atom. The summed E-state index contributed by atoms with van der Waals surface area (Å²) in [6, 6.07) is 0. The van der Waals surface area contributed by atoms with E-state index < -0.39 is 0 Å². The van der Waals surface area contributed by atoms with Crippen LogP contribution in [0, 0.1) is 0 Å². The van der Waals surface area contributed by atoms with Gasteiger partial charge in [-0.1, -0.05) is 6.92 Å². The zero-order valence-corrected chi connectivity index (χ0v) is 9.10. The maximum Gasteiger partial charge on any atom is 0.0518 e. The third-order valence-electron chi connectivity index (χ3n) is 0.471. The van der Waals surface area contributed by atoms with Gasteiger partial charge in [-0.3, -0.25) is 0 Å². The SMILES string of the molecule is C=C.C=C.C=C.C=C.CCC(N)N. The first kappa shape index (κ1) is 29.7. The summed E-state index contributed by atoms with van der Waals surface area (Å²) >= 11 is 0. The second-order valence-electron chi connectivity index (χ2n) is 1.07. The van der Waals surface area contributed by atoms with Crippen LogP contribution < -0.4 is 11.5 Å². The van der Waals surface area contributed by atoms with Crippen molar-refractivity contribution in [2.45, 2.75) is 19.5 Å². The van der Waals surface area contributed by atoms with Gasteiger partial charge in [0.15, 0.2) is 0 Å². The van der Waals surface area contributed by atoms with E-state index in [9.17, 15) is 0 Å². The molecule has 0 saturated heterocycles. The number of rotatable bonds is 1. The van der Waals surface area contributed by atoms with Crippen LogP contribution in [0.4, 0.5) is 0 Å². The van der Waals surface area contributed by atoms with Crippen LogP contribution in [0.15, 0.2) is 52.6 Å². The van der Waals surface area contributed by atoms with Crippen molar-refractivity contribution in [1.82, 2.24) is 0 Å². The van der Waals surface area contributed by atoms with E-state index in [1.807, 2.05) is 6.92 Å². The van der Waals surface area contributed by atoms with Gasteiger partial charge < -0.3 is 11.5 Å². The molecule has 80 valence electrons. The minimum absolute atomic E-state index is 0.116. The van der Waals surface area contributed by atoms with Crippen LogP contribution in [-0.4, -0.2) is 6.17 Å². The molecule has 0 aliphatic heterocycles. The lowest BCUT2D eigenvalue weighted by Crippen LogP contribution is -2.28. The van der Waals surface area contributed by atoms with E-state index in [1.165, 1.54) is 0 Å². The van der Waals surface area contributed by atoms with E-state index in [0.717, 1.165) is 6.42 Å². The predicted molar refractivity (Wildman–Crippen MR) is 67.5 cm³/mol. The van der Waals surface area contributed by atoms with Crippen molar-refractivity contribution in [3.63, 3.8) is 0 Å². The van der Waals surface area contributed by atoms with Gasteiger partial charge in [-0.2, -0.15) is 0 Å². The molecule has 0 aromatic rings. The van der Waals surface area contributed by atoms with Crippen molar-refractivity contribution in [3.05, 3.63) is 52.6 Å². The molecule has 0 aliphatic carbocycles. The van der Waals surface area contributed by atoms with Crippen LogP contribution >= 0.6 is 0 Å². The van der Waals surface area contributed by atoms with Crippen molar-refractivity contribution in [2.75, 3.05) is 0 Å². The van der Waals surface area contributed by atoms with Gasteiger partial charge >= 0.3 is 0 Å². The summed E-state index contributed by atoms with van der Waals surface area (Å²) in [6.07, 6.45) is 0.745. The normalized spacial score (nSPS) is 4.92. The molecule has 0 amide bonds. The molecule has 0 aromatic carbocycles. The molecule has 0 radical (unpaired) electrons. The van der Waals surface area contributed by atoms with Gasteiger partial charge in [0.05, 0.1) is 6.17 Å². The van der Waals surface area contributed by atoms with Gasteiger partial charge in [0.2, 0.25) is 0 Å². The van der Waals surface area contributed by atoms with Crippen LogP contribution in [0.3, 0.4) is 0 Å². The molecule has 4 N–H and O–H groups in total.